The number of carbonyl (C=O) groups excluding carboxylic acids is 2. The van der Waals surface area contributed by atoms with Gasteiger partial charge >= 0.3 is 12.2 Å². The highest BCUT2D eigenvalue weighted by Crippen LogP contribution is 2.40. The molecule has 34 heavy (non-hydrogen) atoms. The lowest BCUT2D eigenvalue weighted by atomic mass is 10.1. The number of benzene rings is 2. The molecule has 7 nitrogen and oxygen atoms in total. The Morgan fingerprint density at radius 3 is 2.44 bits per heavy atom. The van der Waals surface area contributed by atoms with Gasteiger partial charge in [-0.25, -0.2) is 14.2 Å². The van der Waals surface area contributed by atoms with Gasteiger partial charge in [-0.15, -0.1) is 0 Å². The first-order valence-electron chi connectivity index (χ1n) is 9.00. The average Bonchev–Trinajstić information content (AvgIpc) is 2.75. The van der Waals surface area contributed by atoms with E-state index in [9.17, 15) is 27.2 Å². The fourth-order valence-corrected chi connectivity index (χ4v) is 3.08. The predicted octanol–water partition coefficient (Wildman–Crippen LogP) is 6.17. The van der Waals surface area contributed by atoms with Gasteiger partial charge in [-0.05, 0) is 36.4 Å². The number of pyridine rings is 1. The van der Waals surface area contributed by atoms with Crippen LogP contribution >= 0.6 is 23.2 Å². The molecule has 0 aliphatic rings. The molecule has 0 bridgehead atoms. The number of nitriles is 1. The quantitative estimate of drug-likeness (QED) is 0.406. The van der Waals surface area contributed by atoms with E-state index in [0.717, 1.165) is 30.5 Å². The van der Waals surface area contributed by atoms with Crippen LogP contribution in [0.2, 0.25) is 10.0 Å². The largest absolute Gasteiger partial charge is 0.437 e. The van der Waals surface area contributed by atoms with Crippen LogP contribution in [0.5, 0.6) is 11.6 Å². The molecule has 3 amide bonds. The molecule has 1 heterocycles. The van der Waals surface area contributed by atoms with E-state index in [-0.39, 0.29) is 27.2 Å². The molecular formula is C21H10Cl2F4N4O3. The van der Waals surface area contributed by atoms with Gasteiger partial charge in [-0.3, -0.25) is 10.1 Å². The number of hydrogen-bond acceptors (Lipinski definition) is 5. The summed E-state index contributed by atoms with van der Waals surface area (Å²) >= 11 is 11.6. The molecular weight excluding hydrogens is 503 g/mol. The van der Waals surface area contributed by atoms with Crippen molar-refractivity contribution in [1.82, 2.24) is 10.3 Å². The Balaban J connectivity index is 1.82. The highest BCUT2D eigenvalue weighted by molar-refractivity contribution is 6.34. The number of imide groups is 1. The number of nitrogens with zero attached hydrogens (tertiary/aromatic N) is 2. The Kier molecular flexibility index (Phi) is 7.24. The van der Waals surface area contributed by atoms with Crippen LogP contribution in [0, 0.1) is 17.1 Å². The number of urea groups is 1. The summed E-state index contributed by atoms with van der Waals surface area (Å²) in [6.45, 7) is 0. The minimum absolute atomic E-state index is 0.0742. The summed E-state index contributed by atoms with van der Waals surface area (Å²) in [7, 11) is 0. The maximum atomic E-state index is 13.8. The summed E-state index contributed by atoms with van der Waals surface area (Å²) < 4.78 is 59.8. The SMILES string of the molecule is N#Cc1cnc(Oc2ccc(NC(=O)NC(=O)c3c(F)cccc3Cl)cc2C(F)(F)F)c(Cl)c1. The molecule has 0 saturated heterocycles. The lowest BCUT2D eigenvalue weighted by Gasteiger charge is -2.16. The number of halogens is 6. The number of rotatable bonds is 4. The number of carbonyl (C=O) groups is 2. The molecule has 0 unspecified atom stereocenters. The van der Waals surface area contributed by atoms with Crippen LogP contribution in [0.25, 0.3) is 0 Å². The molecule has 2 aromatic carbocycles. The number of hydrogen-bond donors (Lipinski definition) is 2. The van der Waals surface area contributed by atoms with Crippen LogP contribution in [0.1, 0.15) is 21.5 Å². The van der Waals surface area contributed by atoms with Crippen molar-refractivity contribution in [1.29, 1.82) is 5.26 Å². The van der Waals surface area contributed by atoms with E-state index in [2.05, 4.69) is 4.98 Å². The second-order valence-electron chi connectivity index (χ2n) is 6.44. The third-order valence-corrected chi connectivity index (χ3v) is 4.69. The van der Waals surface area contributed by atoms with Crippen molar-refractivity contribution in [3.63, 3.8) is 0 Å². The molecule has 2 N–H and O–H groups in total. The predicted molar refractivity (Wildman–Crippen MR) is 113 cm³/mol. The molecule has 0 atom stereocenters. The Morgan fingerprint density at radius 1 is 1.09 bits per heavy atom. The minimum atomic E-state index is -4.92. The number of anilines is 1. The van der Waals surface area contributed by atoms with Crippen LogP contribution in [0.4, 0.5) is 28.0 Å². The van der Waals surface area contributed by atoms with Crippen molar-refractivity contribution >= 4 is 40.8 Å². The summed E-state index contributed by atoms with van der Waals surface area (Å²) in [6.07, 6.45) is -3.85. The molecule has 0 saturated carbocycles. The van der Waals surface area contributed by atoms with E-state index in [0.29, 0.717) is 6.07 Å². The smallest absolute Gasteiger partial charge is 0.420 e. The highest BCUT2D eigenvalue weighted by Gasteiger charge is 2.35. The average molecular weight is 513 g/mol. The Labute approximate surface area is 198 Å². The molecule has 0 aliphatic heterocycles. The van der Waals surface area contributed by atoms with Crippen LogP contribution in [0.15, 0.2) is 48.7 Å². The second kappa shape index (κ2) is 9.94. The fraction of sp³-hybridized carbons (Fsp3) is 0.0476. The van der Waals surface area contributed by atoms with Gasteiger partial charge in [-0.2, -0.15) is 18.4 Å². The zero-order valence-electron chi connectivity index (χ0n) is 16.5. The molecule has 1 aromatic heterocycles. The normalized spacial score (nSPS) is 10.9. The van der Waals surface area contributed by atoms with Gasteiger partial charge < -0.3 is 10.1 Å². The molecule has 174 valence electrons. The number of aromatic nitrogens is 1. The van der Waals surface area contributed by atoms with E-state index in [4.69, 9.17) is 33.2 Å². The van der Waals surface area contributed by atoms with Gasteiger partial charge in [0.1, 0.15) is 28.2 Å². The molecule has 0 radical (unpaired) electrons. The van der Waals surface area contributed by atoms with Gasteiger partial charge in [0, 0.05) is 11.9 Å². The lowest BCUT2D eigenvalue weighted by Crippen LogP contribution is -2.35. The first-order chi connectivity index (χ1) is 16.0. The lowest BCUT2D eigenvalue weighted by molar-refractivity contribution is -0.138. The van der Waals surface area contributed by atoms with Crippen LogP contribution in [-0.2, 0) is 6.18 Å². The molecule has 0 spiro atoms. The van der Waals surface area contributed by atoms with Crippen molar-refractivity contribution in [3.05, 3.63) is 81.2 Å². The standard InChI is InChI=1S/C21H10Cl2F4N4O3/c22-13-2-1-3-15(24)17(13)18(32)31-20(33)30-11-4-5-16(12(7-11)21(25,26)27)34-19-14(23)6-10(8-28)9-29-19/h1-7,9H,(H2,30,31,32,33). The zero-order valence-corrected chi connectivity index (χ0v) is 18.0. The molecule has 13 heteroatoms. The first kappa shape index (κ1) is 24.8. The van der Waals surface area contributed by atoms with E-state index in [1.165, 1.54) is 12.1 Å². The summed E-state index contributed by atoms with van der Waals surface area (Å²) in [6, 6.07) is 7.62. The van der Waals surface area contributed by atoms with Crippen molar-refractivity contribution < 1.29 is 31.9 Å². The second-order valence-corrected chi connectivity index (χ2v) is 7.25. The molecule has 0 fully saturated rings. The summed E-state index contributed by atoms with van der Waals surface area (Å²) in [5, 5.41) is 12.2. The number of alkyl halides is 3. The minimum Gasteiger partial charge on any atom is -0.437 e. The third kappa shape index (κ3) is 5.72. The van der Waals surface area contributed by atoms with Crippen molar-refractivity contribution in [3.8, 4) is 17.7 Å². The van der Waals surface area contributed by atoms with Crippen LogP contribution in [0.3, 0.4) is 0 Å². The van der Waals surface area contributed by atoms with Gasteiger partial charge in [0.15, 0.2) is 0 Å². The van der Waals surface area contributed by atoms with Crippen molar-refractivity contribution in [2.45, 2.75) is 6.18 Å². The number of nitrogens with one attached hydrogen (secondary N) is 2. The number of amides is 3. The first-order valence-corrected chi connectivity index (χ1v) is 9.76. The summed E-state index contributed by atoms with van der Waals surface area (Å²) in [4.78, 5) is 27.9. The zero-order chi connectivity index (χ0) is 25.0. The van der Waals surface area contributed by atoms with Crippen molar-refractivity contribution in [2.24, 2.45) is 0 Å². The van der Waals surface area contributed by atoms with Gasteiger partial charge in [-0.1, -0.05) is 29.3 Å². The number of ether oxygens (including phenoxy) is 1. The third-order valence-electron chi connectivity index (χ3n) is 4.10. The monoisotopic (exact) mass is 512 g/mol. The van der Waals surface area contributed by atoms with E-state index in [1.54, 1.807) is 11.4 Å². The summed E-state index contributed by atoms with van der Waals surface area (Å²) in [5.74, 6) is -3.25. The fourth-order valence-electron chi connectivity index (χ4n) is 2.63. The van der Waals surface area contributed by atoms with Gasteiger partial charge in [0.2, 0.25) is 5.88 Å². The van der Waals surface area contributed by atoms with Crippen LogP contribution in [-0.4, -0.2) is 16.9 Å². The van der Waals surface area contributed by atoms with E-state index >= 15 is 0 Å². The molecule has 3 aromatic rings. The molecule has 3 rings (SSSR count). The topological polar surface area (TPSA) is 104 Å². The Morgan fingerprint density at radius 2 is 1.82 bits per heavy atom. The van der Waals surface area contributed by atoms with Gasteiger partial charge in [0.05, 0.1) is 16.1 Å². The summed E-state index contributed by atoms with van der Waals surface area (Å²) in [5.41, 5.74) is -2.18. The van der Waals surface area contributed by atoms with Crippen LogP contribution < -0.4 is 15.4 Å². The Hall–Kier alpha value is -3.88. The van der Waals surface area contributed by atoms with E-state index < -0.39 is 40.8 Å². The van der Waals surface area contributed by atoms with Gasteiger partial charge in [0.25, 0.3) is 5.91 Å². The maximum absolute atomic E-state index is 13.8. The van der Waals surface area contributed by atoms with Crippen molar-refractivity contribution in [2.75, 3.05) is 5.32 Å². The highest BCUT2D eigenvalue weighted by atomic mass is 35.5. The maximum Gasteiger partial charge on any atom is 0.420 e. The molecule has 0 aliphatic carbocycles. The Bertz CT molecular complexity index is 1310. The van der Waals surface area contributed by atoms with E-state index in [1.807, 2.05) is 5.32 Å².